The van der Waals surface area contributed by atoms with Gasteiger partial charge in [-0.25, -0.2) is 0 Å². The predicted molar refractivity (Wildman–Crippen MR) is 84.2 cm³/mol. The van der Waals surface area contributed by atoms with E-state index in [9.17, 15) is 4.79 Å². The molecule has 1 aromatic rings. The maximum Gasteiger partial charge on any atom is 0.223 e. The lowest BCUT2D eigenvalue weighted by atomic mass is 9.83. The van der Waals surface area contributed by atoms with Gasteiger partial charge >= 0.3 is 0 Å². The highest BCUT2D eigenvalue weighted by molar-refractivity contribution is 9.09. The van der Waals surface area contributed by atoms with Crippen molar-refractivity contribution in [1.29, 1.82) is 0 Å². The van der Waals surface area contributed by atoms with Gasteiger partial charge in [0.1, 0.15) is 0 Å². The molecule has 1 amide bonds. The molecule has 3 nitrogen and oxygen atoms in total. The summed E-state index contributed by atoms with van der Waals surface area (Å²) >= 11 is 3.42. The minimum absolute atomic E-state index is 0.0968. The van der Waals surface area contributed by atoms with Gasteiger partial charge < -0.3 is 10.1 Å². The topological polar surface area (TPSA) is 38.3 Å². The van der Waals surface area contributed by atoms with Gasteiger partial charge in [-0.3, -0.25) is 4.79 Å². The summed E-state index contributed by atoms with van der Waals surface area (Å²) in [5.74, 6) is 0.266. The van der Waals surface area contributed by atoms with Crippen LogP contribution < -0.4 is 5.32 Å². The minimum atomic E-state index is 0.0968. The number of aryl methyl sites for hydroxylation is 1. The van der Waals surface area contributed by atoms with E-state index < -0.39 is 0 Å². The number of fused-ring (bicyclic) bond motifs is 1. The lowest BCUT2D eigenvalue weighted by molar-refractivity contribution is -0.126. The number of amides is 1. The van der Waals surface area contributed by atoms with Gasteiger partial charge in [-0.1, -0.05) is 40.2 Å². The Balaban J connectivity index is 1.93. The van der Waals surface area contributed by atoms with Crippen molar-refractivity contribution in [2.24, 2.45) is 5.92 Å². The molecule has 4 heteroatoms. The molecule has 110 valence electrons. The summed E-state index contributed by atoms with van der Waals surface area (Å²) in [6.45, 7) is 0.570. The molecule has 1 aliphatic carbocycles. The van der Waals surface area contributed by atoms with E-state index in [0.717, 1.165) is 31.0 Å². The first-order chi connectivity index (χ1) is 9.74. The van der Waals surface area contributed by atoms with Crippen LogP contribution in [-0.2, 0) is 22.4 Å². The first-order valence-electron chi connectivity index (χ1n) is 7.16. The molecule has 0 radical (unpaired) electrons. The third-order valence-corrected chi connectivity index (χ3v) is 4.35. The zero-order chi connectivity index (χ0) is 14.4. The van der Waals surface area contributed by atoms with Gasteiger partial charge in [0, 0.05) is 18.4 Å². The Labute approximate surface area is 129 Å². The van der Waals surface area contributed by atoms with Crippen LogP contribution in [0.3, 0.4) is 0 Å². The van der Waals surface area contributed by atoms with E-state index in [4.69, 9.17) is 4.74 Å². The Morgan fingerprint density at radius 3 is 2.90 bits per heavy atom. The van der Waals surface area contributed by atoms with Gasteiger partial charge in [0.2, 0.25) is 5.91 Å². The van der Waals surface area contributed by atoms with Crippen LogP contribution in [-0.4, -0.2) is 31.0 Å². The first-order valence-corrected chi connectivity index (χ1v) is 8.28. The van der Waals surface area contributed by atoms with Crippen molar-refractivity contribution >= 4 is 21.8 Å². The van der Waals surface area contributed by atoms with Gasteiger partial charge in [-0.2, -0.15) is 0 Å². The number of carbonyl (C=O) groups excluding carboxylic acids is 1. The van der Waals surface area contributed by atoms with Crippen molar-refractivity contribution in [3.05, 3.63) is 35.4 Å². The summed E-state index contributed by atoms with van der Waals surface area (Å²) in [5, 5.41) is 4.00. The van der Waals surface area contributed by atoms with E-state index in [0.29, 0.717) is 6.61 Å². The van der Waals surface area contributed by atoms with Gasteiger partial charge in [-0.15, -0.1) is 0 Å². The molecule has 2 atom stereocenters. The molecule has 0 heterocycles. The molecule has 0 spiro atoms. The summed E-state index contributed by atoms with van der Waals surface area (Å²) in [6, 6.07) is 8.53. The highest BCUT2D eigenvalue weighted by Gasteiger charge is 2.25. The number of hydrogen-bond donors (Lipinski definition) is 1. The highest BCUT2D eigenvalue weighted by Crippen LogP contribution is 2.25. The van der Waals surface area contributed by atoms with E-state index >= 15 is 0 Å². The van der Waals surface area contributed by atoms with Crippen molar-refractivity contribution in [3.63, 3.8) is 0 Å². The average Bonchev–Trinajstić information content (AvgIpc) is 2.47. The molecule has 0 saturated heterocycles. The average molecular weight is 340 g/mol. The zero-order valence-electron chi connectivity index (χ0n) is 11.9. The molecule has 0 saturated carbocycles. The number of hydrogen-bond acceptors (Lipinski definition) is 2. The largest absolute Gasteiger partial charge is 0.383 e. The third-order valence-electron chi connectivity index (χ3n) is 3.89. The van der Waals surface area contributed by atoms with E-state index in [1.54, 1.807) is 7.11 Å². The smallest absolute Gasteiger partial charge is 0.223 e. The quantitative estimate of drug-likeness (QED) is 0.809. The Morgan fingerprint density at radius 2 is 2.20 bits per heavy atom. The molecule has 1 N–H and O–H groups in total. The number of ether oxygens (including phenoxy) is 1. The highest BCUT2D eigenvalue weighted by atomic mass is 79.9. The first kappa shape index (κ1) is 15.5. The molecule has 2 rings (SSSR count). The number of methoxy groups -OCH3 is 1. The van der Waals surface area contributed by atoms with Gasteiger partial charge in [0.05, 0.1) is 12.6 Å². The molecule has 2 unspecified atom stereocenters. The second-order valence-electron chi connectivity index (χ2n) is 5.35. The van der Waals surface area contributed by atoms with Crippen molar-refractivity contribution in [3.8, 4) is 0 Å². The summed E-state index contributed by atoms with van der Waals surface area (Å²) in [7, 11) is 1.67. The van der Waals surface area contributed by atoms with Gasteiger partial charge in [-0.05, 0) is 36.8 Å². The van der Waals surface area contributed by atoms with Crippen LogP contribution in [0, 0.1) is 5.92 Å². The number of halogens is 1. The molecule has 1 aliphatic rings. The van der Waals surface area contributed by atoms with Crippen LogP contribution in [0.4, 0.5) is 0 Å². The number of carbonyl (C=O) groups is 1. The third kappa shape index (κ3) is 4.06. The Kier molecular flexibility index (Phi) is 6.05. The SMILES string of the molecule is COCC(CCBr)NC(=O)C1CCc2ccccc2C1. The lowest BCUT2D eigenvalue weighted by Crippen LogP contribution is -2.43. The maximum absolute atomic E-state index is 12.4. The number of benzene rings is 1. The van der Waals surface area contributed by atoms with Gasteiger partial charge in [0.25, 0.3) is 0 Å². The fourth-order valence-corrected chi connectivity index (χ4v) is 3.32. The molecular weight excluding hydrogens is 318 g/mol. The predicted octanol–water partition coefficient (Wildman–Crippen LogP) is 2.71. The monoisotopic (exact) mass is 339 g/mol. The summed E-state index contributed by atoms with van der Waals surface area (Å²) < 4.78 is 5.17. The Bertz CT molecular complexity index is 444. The second kappa shape index (κ2) is 7.79. The number of rotatable bonds is 6. The standard InChI is InChI=1S/C16H22BrNO2/c1-20-11-15(8-9-17)18-16(19)14-7-6-12-4-2-3-5-13(12)10-14/h2-5,14-15H,6-11H2,1H3,(H,18,19). The molecule has 0 fully saturated rings. The molecule has 0 aromatic heterocycles. The molecule has 0 bridgehead atoms. The van der Waals surface area contributed by atoms with Crippen LogP contribution in [0.25, 0.3) is 0 Å². The van der Waals surface area contributed by atoms with E-state index in [1.807, 2.05) is 0 Å². The van der Waals surface area contributed by atoms with E-state index in [2.05, 4.69) is 45.5 Å². The van der Waals surface area contributed by atoms with Crippen LogP contribution >= 0.6 is 15.9 Å². The molecule has 20 heavy (non-hydrogen) atoms. The van der Waals surface area contributed by atoms with Crippen LogP contribution in [0.5, 0.6) is 0 Å². The molecule has 0 aliphatic heterocycles. The lowest BCUT2D eigenvalue weighted by Gasteiger charge is -2.26. The summed E-state index contributed by atoms with van der Waals surface area (Å²) in [5.41, 5.74) is 2.72. The van der Waals surface area contributed by atoms with Crippen LogP contribution in [0.2, 0.25) is 0 Å². The molecule has 1 aromatic carbocycles. The number of nitrogens with one attached hydrogen (secondary N) is 1. The maximum atomic E-state index is 12.4. The van der Waals surface area contributed by atoms with Crippen molar-refractivity contribution in [1.82, 2.24) is 5.32 Å². The summed E-state index contributed by atoms with van der Waals surface area (Å²) in [4.78, 5) is 12.4. The fraction of sp³-hybridized carbons (Fsp3) is 0.562. The Hall–Kier alpha value is -0.870. The molecular formula is C16H22BrNO2. The van der Waals surface area contributed by atoms with E-state index in [-0.39, 0.29) is 17.9 Å². The van der Waals surface area contributed by atoms with Crippen LogP contribution in [0.15, 0.2) is 24.3 Å². The van der Waals surface area contributed by atoms with Gasteiger partial charge in [0.15, 0.2) is 0 Å². The van der Waals surface area contributed by atoms with E-state index in [1.165, 1.54) is 11.1 Å². The minimum Gasteiger partial charge on any atom is -0.383 e. The zero-order valence-corrected chi connectivity index (χ0v) is 13.5. The fourth-order valence-electron chi connectivity index (χ4n) is 2.77. The second-order valence-corrected chi connectivity index (χ2v) is 6.14. The van der Waals surface area contributed by atoms with Crippen molar-refractivity contribution < 1.29 is 9.53 Å². The number of alkyl halides is 1. The van der Waals surface area contributed by atoms with Crippen LogP contribution in [0.1, 0.15) is 24.0 Å². The Morgan fingerprint density at radius 1 is 1.45 bits per heavy atom. The van der Waals surface area contributed by atoms with Crippen molar-refractivity contribution in [2.45, 2.75) is 31.7 Å². The van der Waals surface area contributed by atoms with Crippen molar-refractivity contribution in [2.75, 3.05) is 19.0 Å². The summed E-state index contributed by atoms with van der Waals surface area (Å²) in [6.07, 6.45) is 3.69. The normalized spacial score (nSPS) is 19.2.